The highest BCUT2D eigenvalue weighted by atomic mass is 35.5. The monoisotopic (exact) mass is 337 g/mol. The van der Waals surface area contributed by atoms with Crippen molar-refractivity contribution in [2.24, 2.45) is 0 Å². The minimum absolute atomic E-state index is 0.0924. The average Bonchev–Trinajstić information content (AvgIpc) is 2.85. The highest BCUT2D eigenvalue weighted by molar-refractivity contribution is 7.99. The van der Waals surface area contributed by atoms with E-state index in [1.807, 2.05) is 52.0 Å². The molecule has 1 amide bonds. The molecule has 0 fully saturated rings. The molecule has 0 aliphatic carbocycles. The molecule has 0 bridgehead atoms. The minimum Gasteiger partial charge on any atom is -0.323 e. The van der Waals surface area contributed by atoms with Gasteiger partial charge < -0.3 is 4.90 Å². The molecule has 118 valence electrons. The molecule has 1 aromatic carbocycles. The van der Waals surface area contributed by atoms with Crippen molar-refractivity contribution in [1.82, 2.24) is 14.7 Å². The Kier molecular flexibility index (Phi) is 5.53. The van der Waals surface area contributed by atoms with Gasteiger partial charge in [0.2, 0.25) is 0 Å². The zero-order valence-electron chi connectivity index (χ0n) is 13.3. The molecule has 0 N–H and O–H groups in total. The van der Waals surface area contributed by atoms with Crippen LogP contribution in [-0.2, 0) is 0 Å². The Morgan fingerprint density at radius 1 is 1.32 bits per heavy atom. The van der Waals surface area contributed by atoms with Crippen molar-refractivity contribution in [3.63, 3.8) is 0 Å². The summed E-state index contributed by atoms with van der Waals surface area (Å²) in [6.45, 7) is 9.16. The highest BCUT2D eigenvalue weighted by Crippen LogP contribution is 2.35. The van der Waals surface area contributed by atoms with Gasteiger partial charge in [0.1, 0.15) is 5.03 Å². The lowest BCUT2D eigenvalue weighted by atomic mass is 10.2. The van der Waals surface area contributed by atoms with Crippen LogP contribution in [0.2, 0.25) is 5.02 Å². The van der Waals surface area contributed by atoms with Crippen LogP contribution in [0, 0.1) is 13.8 Å². The third-order valence-corrected chi connectivity index (χ3v) is 5.03. The molecule has 0 radical (unpaired) electrons. The molecular weight excluding hydrogens is 318 g/mol. The summed E-state index contributed by atoms with van der Waals surface area (Å²) in [4.78, 5) is 15.1. The summed E-state index contributed by atoms with van der Waals surface area (Å²) in [6, 6.07) is 7.62. The summed E-state index contributed by atoms with van der Waals surface area (Å²) in [5, 5.41) is 5.91. The van der Waals surface area contributed by atoms with Crippen LogP contribution in [0.3, 0.4) is 0 Å². The quantitative estimate of drug-likeness (QED) is 0.817. The SMILES string of the molecule is CCN(CC)C(=O)n1nc(Sc2c(C)cccc2Cl)cc1C. The summed E-state index contributed by atoms with van der Waals surface area (Å²) in [5.41, 5.74) is 1.92. The van der Waals surface area contributed by atoms with Gasteiger partial charge in [0.05, 0.1) is 5.02 Å². The van der Waals surface area contributed by atoms with Crippen LogP contribution in [0.5, 0.6) is 0 Å². The number of carbonyl (C=O) groups is 1. The maximum Gasteiger partial charge on any atom is 0.344 e. The van der Waals surface area contributed by atoms with E-state index in [0.717, 1.165) is 21.2 Å². The molecule has 2 aromatic rings. The molecule has 0 atom stereocenters. The van der Waals surface area contributed by atoms with Crippen molar-refractivity contribution in [3.8, 4) is 0 Å². The second kappa shape index (κ2) is 7.20. The van der Waals surface area contributed by atoms with Gasteiger partial charge in [0, 0.05) is 23.7 Å². The maximum absolute atomic E-state index is 12.4. The van der Waals surface area contributed by atoms with Crippen LogP contribution in [0.15, 0.2) is 34.2 Å². The molecule has 4 nitrogen and oxygen atoms in total. The first-order valence-corrected chi connectivity index (χ1v) is 8.46. The first-order chi connectivity index (χ1) is 10.5. The number of amides is 1. The van der Waals surface area contributed by atoms with E-state index in [0.29, 0.717) is 18.1 Å². The molecular formula is C16H20ClN3OS. The van der Waals surface area contributed by atoms with Gasteiger partial charge in [-0.05, 0) is 45.4 Å². The number of hydrogen-bond donors (Lipinski definition) is 0. The van der Waals surface area contributed by atoms with Crippen LogP contribution in [0.4, 0.5) is 4.79 Å². The van der Waals surface area contributed by atoms with E-state index < -0.39 is 0 Å². The first-order valence-electron chi connectivity index (χ1n) is 7.26. The molecule has 0 unspecified atom stereocenters. The Hall–Kier alpha value is -1.46. The van der Waals surface area contributed by atoms with Crippen LogP contribution in [-0.4, -0.2) is 33.8 Å². The number of rotatable bonds is 4. The van der Waals surface area contributed by atoms with E-state index in [1.165, 1.54) is 16.4 Å². The molecule has 0 aliphatic rings. The Balaban J connectivity index is 2.29. The van der Waals surface area contributed by atoms with Gasteiger partial charge in [0.25, 0.3) is 0 Å². The molecule has 1 heterocycles. The number of hydrogen-bond acceptors (Lipinski definition) is 3. The molecule has 0 saturated carbocycles. The summed E-state index contributed by atoms with van der Waals surface area (Å²) < 4.78 is 1.46. The fourth-order valence-electron chi connectivity index (χ4n) is 2.17. The molecule has 0 saturated heterocycles. The number of carbonyl (C=O) groups excluding carboxylic acids is 1. The molecule has 6 heteroatoms. The molecule has 2 rings (SSSR count). The molecule has 0 aliphatic heterocycles. The van der Waals surface area contributed by atoms with Crippen molar-refractivity contribution in [2.45, 2.75) is 37.6 Å². The maximum atomic E-state index is 12.4. The van der Waals surface area contributed by atoms with Crippen LogP contribution in [0.1, 0.15) is 25.1 Å². The first kappa shape index (κ1) is 16.9. The van der Waals surface area contributed by atoms with E-state index >= 15 is 0 Å². The van der Waals surface area contributed by atoms with E-state index in [2.05, 4.69) is 5.10 Å². The number of benzene rings is 1. The van der Waals surface area contributed by atoms with E-state index in [9.17, 15) is 4.79 Å². The molecule has 1 aromatic heterocycles. The highest BCUT2D eigenvalue weighted by Gasteiger charge is 2.17. The van der Waals surface area contributed by atoms with Crippen LogP contribution < -0.4 is 0 Å². The summed E-state index contributed by atoms with van der Waals surface area (Å²) in [6.07, 6.45) is 0. The Bertz CT molecular complexity index is 660. The number of halogens is 1. The van der Waals surface area contributed by atoms with Gasteiger partial charge in [-0.15, -0.1) is 0 Å². The standard InChI is InChI=1S/C16H20ClN3OS/c1-5-19(6-2)16(21)20-12(4)10-14(18-20)22-15-11(3)8-7-9-13(15)17/h7-10H,5-6H2,1-4H3. The summed E-state index contributed by atoms with van der Waals surface area (Å²) >= 11 is 7.74. The largest absolute Gasteiger partial charge is 0.344 e. The average molecular weight is 338 g/mol. The van der Waals surface area contributed by atoms with E-state index in [1.54, 1.807) is 4.90 Å². The lowest BCUT2D eigenvalue weighted by Crippen LogP contribution is -2.35. The predicted molar refractivity (Wildman–Crippen MR) is 91.0 cm³/mol. The number of aryl methyl sites for hydroxylation is 2. The van der Waals surface area contributed by atoms with Gasteiger partial charge >= 0.3 is 6.03 Å². The fraction of sp³-hybridized carbons (Fsp3) is 0.375. The fourth-order valence-corrected chi connectivity index (χ4v) is 3.46. The second-order valence-corrected chi connectivity index (χ2v) is 6.42. The topological polar surface area (TPSA) is 38.1 Å². The van der Waals surface area contributed by atoms with Gasteiger partial charge in [-0.2, -0.15) is 9.78 Å². The Morgan fingerprint density at radius 2 is 2.00 bits per heavy atom. The van der Waals surface area contributed by atoms with Gasteiger partial charge in [-0.25, -0.2) is 4.79 Å². The van der Waals surface area contributed by atoms with E-state index in [-0.39, 0.29) is 6.03 Å². The van der Waals surface area contributed by atoms with Crippen LogP contribution in [0.25, 0.3) is 0 Å². The Morgan fingerprint density at radius 3 is 2.59 bits per heavy atom. The van der Waals surface area contributed by atoms with Gasteiger partial charge in [0.15, 0.2) is 0 Å². The molecule has 0 spiro atoms. The zero-order chi connectivity index (χ0) is 16.3. The van der Waals surface area contributed by atoms with Gasteiger partial charge in [-0.1, -0.05) is 35.5 Å². The lowest BCUT2D eigenvalue weighted by Gasteiger charge is -2.18. The van der Waals surface area contributed by atoms with Gasteiger partial charge in [-0.3, -0.25) is 0 Å². The normalized spacial score (nSPS) is 10.8. The number of nitrogens with zero attached hydrogens (tertiary/aromatic N) is 3. The minimum atomic E-state index is -0.0924. The molecule has 22 heavy (non-hydrogen) atoms. The summed E-state index contributed by atoms with van der Waals surface area (Å²) in [7, 11) is 0. The van der Waals surface area contributed by atoms with Crippen molar-refractivity contribution in [2.75, 3.05) is 13.1 Å². The third kappa shape index (κ3) is 3.47. The zero-order valence-corrected chi connectivity index (χ0v) is 14.8. The Labute approximate surface area is 140 Å². The lowest BCUT2D eigenvalue weighted by molar-refractivity contribution is 0.201. The van der Waals surface area contributed by atoms with Crippen molar-refractivity contribution >= 4 is 29.4 Å². The third-order valence-electron chi connectivity index (χ3n) is 3.45. The second-order valence-electron chi connectivity index (χ2n) is 4.98. The van der Waals surface area contributed by atoms with Crippen molar-refractivity contribution < 1.29 is 4.79 Å². The smallest absolute Gasteiger partial charge is 0.323 e. The van der Waals surface area contributed by atoms with Crippen LogP contribution >= 0.6 is 23.4 Å². The van der Waals surface area contributed by atoms with Crippen molar-refractivity contribution in [1.29, 1.82) is 0 Å². The predicted octanol–water partition coefficient (Wildman–Crippen LogP) is 4.61. The number of aromatic nitrogens is 2. The van der Waals surface area contributed by atoms with E-state index in [4.69, 9.17) is 11.6 Å². The van der Waals surface area contributed by atoms with Crippen molar-refractivity contribution in [3.05, 3.63) is 40.5 Å². The summed E-state index contributed by atoms with van der Waals surface area (Å²) in [5.74, 6) is 0.